The van der Waals surface area contributed by atoms with Crippen LogP contribution < -0.4 is 5.32 Å². The molecule has 1 unspecified atom stereocenters. The minimum atomic E-state index is 0.0551. The predicted octanol–water partition coefficient (Wildman–Crippen LogP) is 5.32. The molecule has 5 rings (SSSR count). The second-order valence-corrected chi connectivity index (χ2v) is 10.6. The summed E-state index contributed by atoms with van der Waals surface area (Å²) in [6, 6.07) is 6.48. The Morgan fingerprint density at radius 2 is 2.03 bits per heavy atom. The summed E-state index contributed by atoms with van der Waals surface area (Å²) in [4.78, 5) is 29.9. The SMILES string of the molecule is Cc1nc(C)c(-c2csc(Nc3ccc(C(=O)N4[C@@H]5CC[C@H]4CC(CC#N)C5)cn3)n2)s1. The van der Waals surface area contributed by atoms with Gasteiger partial charge in [-0.25, -0.2) is 15.0 Å². The number of nitrogens with zero attached hydrogens (tertiary/aromatic N) is 5. The topological polar surface area (TPSA) is 94.8 Å². The molecule has 5 heterocycles. The Labute approximate surface area is 195 Å². The molecule has 0 aliphatic carbocycles. The van der Waals surface area contributed by atoms with E-state index in [4.69, 9.17) is 5.26 Å². The van der Waals surface area contributed by atoms with Crippen molar-refractivity contribution in [1.82, 2.24) is 19.9 Å². The maximum absolute atomic E-state index is 13.2. The van der Waals surface area contributed by atoms with Gasteiger partial charge in [0.25, 0.3) is 5.91 Å². The number of anilines is 2. The van der Waals surface area contributed by atoms with E-state index in [1.165, 1.54) is 11.3 Å². The van der Waals surface area contributed by atoms with Crippen LogP contribution in [0.1, 0.15) is 53.2 Å². The van der Waals surface area contributed by atoms with E-state index < -0.39 is 0 Å². The zero-order valence-corrected chi connectivity index (χ0v) is 19.7. The second-order valence-electron chi connectivity index (χ2n) is 8.54. The van der Waals surface area contributed by atoms with E-state index in [0.29, 0.717) is 23.7 Å². The van der Waals surface area contributed by atoms with Crippen LogP contribution in [0.25, 0.3) is 10.6 Å². The number of rotatable bonds is 5. The molecule has 7 nitrogen and oxygen atoms in total. The monoisotopic (exact) mass is 464 g/mol. The van der Waals surface area contributed by atoms with Gasteiger partial charge in [-0.05, 0) is 57.6 Å². The van der Waals surface area contributed by atoms with Crippen LogP contribution in [-0.4, -0.2) is 37.8 Å². The molecule has 0 radical (unpaired) electrons. The molecule has 0 aromatic carbocycles. The Hall–Kier alpha value is -2.83. The first-order valence-corrected chi connectivity index (χ1v) is 12.5. The number of carbonyl (C=O) groups excluding carboxylic acids is 1. The Morgan fingerprint density at radius 1 is 1.25 bits per heavy atom. The molecule has 3 aromatic heterocycles. The van der Waals surface area contributed by atoms with Crippen molar-refractivity contribution in [3.8, 4) is 16.6 Å². The number of fused-ring (bicyclic) bond motifs is 2. The number of aromatic nitrogens is 3. The fourth-order valence-electron chi connectivity index (χ4n) is 4.97. The first-order chi connectivity index (χ1) is 15.5. The van der Waals surface area contributed by atoms with Crippen molar-refractivity contribution in [3.05, 3.63) is 40.0 Å². The van der Waals surface area contributed by atoms with Gasteiger partial charge < -0.3 is 10.2 Å². The van der Waals surface area contributed by atoms with Gasteiger partial charge in [0.2, 0.25) is 0 Å². The van der Waals surface area contributed by atoms with Crippen LogP contribution >= 0.6 is 22.7 Å². The molecule has 2 saturated heterocycles. The van der Waals surface area contributed by atoms with Crippen LogP contribution in [0.4, 0.5) is 10.9 Å². The first-order valence-electron chi connectivity index (χ1n) is 10.8. The Kier molecular flexibility index (Phi) is 5.66. The highest BCUT2D eigenvalue weighted by atomic mass is 32.1. The molecule has 0 spiro atoms. The summed E-state index contributed by atoms with van der Waals surface area (Å²) >= 11 is 3.17. The average molecular weight is 465 g/mol. The van der Waals surface area contributed by atoms with Gasteiger partial charge in [0.05, 0.1) is 32.9 Å². The van der Waals surface area contributed by atoms with Crippen molar-refractivity contribution in [3.63, 3.8) is 0 Å². The van der Waals surface area contributed by atoms with Gasteiger partial charge in [-0.1, -0.05) is 0 Å². The van der Waals surface area contributed by atoms with Crippen LogP contribution in [0.2, 0.25) is 0 Å². The average Bonchev–Trinajstić information content (AvgIpc) is 3.44. The smallest absolute Gasteiger partial charge is 0.255 e. The molecule has 3 aromatic rings. The summed E-state index contributed by atoms with van der Waals surface area (Å²) in [6.45, 7) is 4.00. The van der Waals surface area contributed by atoms with E-state index in [1.807, 2.05) is 36.3 Å². The third-order valence-corrected chi connectivity index (χ3v) is 8.18. The molecule has 0 saturated carbocycles. The number of nitrogens with one attached hydrogen (secondary N) is 1. The molecule has 2 fully saturated rings. The van der Waals surface area contributed by atoms with E-state index in [1.54, 1.807) is 17.5 Å². The molecule has 1 N–H and O–H groups in total. The quantitative estimate of drug-likeness (QED) is 0.549. The van der Waals surface area contributed by atoms with Crippen molar-refractivity contribution in [1.29, 1.82) is 5.26 Å². The minimum absolute atomic E-state index is 0.0551. The van der Waals surface area contributed by atoms with Crippen molar-refractivity contribution < 1.29 is 4.79 Å². The first kappa shape index (κ1) is 21.0. The number of nitriles is 1. The van der Waals surface area contributed by atoms with Gasteiger partial charge in [0, 0.05) is 30.1 Å². The lowest BCUT2D eigenvalue weighted by Gasteiger charge is -2.38. The highest BCUT2D eigenvalue weighted by molar-refractivity contribution is 7.16. The maximum atomic E-state index is 13.2. The van der Waals surface area contributed by atoms with Crippen molar-refractivity contribution >= 4 is 39.5 Å². The number of carbonyl (C=O) groups is 1. The Morgan fingerprint density at radius 3 is 2.66 bits per heavy atom. The van der Waals surface area contributed by atoms with E-state index >= 15 is 0 Å². The molecule has 164 valence electrons. The van der Waals surface area contributed by atoms with Gasteiger partial charge in [-0.3, -0.25) is 4.79 Å². The predicted molar refractivity (Wildman–Crippen MR) is 126 cm³/mol. The van der Waals surface area contributed by atoms with Crippen molar-refractivity contribution in [2.45, 2.75) is 58.0 Å². The zero-order chi connectivity index (χ0) is 22.2. The summed E-state index contributed by atoms with van der Waals surface area (Å²) in [5.41, 5.74) is 2.53. The lowest BCUT2D eigenvalue weighted by atomic mass is 9.88. The number of piperidine rings is 1. The summed E-state index contributed by atoms with van der Waals surface area (Å²) < 4.78 is 0. The molecule has 2 aliphatic heterocycles. The lowest BCUT2D eigenvalue weighted by Crippen LogP contribution is -2.46. The number of hydrogen-bond acceptors (Lipinski definition) is 8. The summed E-state index contributed by atoms with van der Waals surface area (Å²) in [5, 5.41) is 16.1. The summed E-state index contributed by atoms with van der Waals surface area (Å²) in [7, 11) is 0. The van der Waals surface area contributed by atoms with E-state index in [-0.39, 0.29) is 18.0 Å². The van der Waals surface area contributed by atoms with Crippen LogP contribution in [0.5, 0.6) is 0 Å². The fraction of sp³-hybridized carbons (Fsp3) is 0.435. The van der Waals surface area contributed by atoms with Gasteiger partial charge in [0.15, 0.2) is 5.13 Å². The van der Waals surface area contributed by atoms with E-state index in [2.05, 4.69) is 26.3 Å². The number of pyridine rings is 1. The highest BCUT2D eigenvalue weighted by Gasteiger charge is 2.43. The number of aryl methyl sites for hydroxylation is 2. The fourth-order valence-corrected chi connectivity index (χ4v) is 6.64. The lowest BCUT2D eigenvalue weighted by molar-refractivity contribution is 0.0527. The molecular formula is C23H24N6OS2. The second kappa shape index (κ2) is 8.60. The molecule has 3 atom stereocenters. The van der Waals surface area contributed by atoms with Crippen LogP contribution in [0, 0.1) is 31.1 Å². The third-order valence-electron chi connectivity index (χ3n) is 6.33. The molecular weight excluding hydrogens is 440 g/mol. The standard InChI is InChI=1S/C23H24N6OS2/c1-13-21(32-14(2)26-13)19-12-31-23(27-19)28-20-6-3-16(11-25-20)22(30)29-17-4-5-18(29)10-15(9-17)7-8-24/h3,6,11-12,15,17-18H,4-5,7,9-10H2,1-2H3,(H,25,27,28)/t15?,17-,18+. The molecule has 2 aliphatic rings. The Bertz CT molecular complexity index is 1160. The van der Waals surface area contributed by atoms with E-state index in [9.17, 15) is 4.79 Å². The van der Waals surface area contributed by atoms with Crippen molar-refractivity contribution in [2.24, 2.45) is 5.92 Å². The summed E-state index contributed by atoms with van der Waals surface area (Å²) in [5.74, 6) is 1.14. The zero-order valence-electron chi connectivity index (χ0n) is 18.0. The highest BCUT2D eigenvalue weighted by Crippen LogP contribution is 2.40. The van der Waals surface area contributed by atoms with Crippen LogP contribution in [0.15, 0.2) is 23.7 Å². The van der Waals surface area contributed by atoms with Gasteiger partial charge in [-0.15, -0.1) is 22.7 Å². The van der Waals surface area contributed by atoms with Gasteiger partial charge in [0.1, 0.15) is 5.82 Å². The Balaban J connectivity index is 1.26. The van der Waals surface area contributed by atoms with Crippen LogP contribution in [0.3, 0.4) is 0 Å². The molecule has 1 amide bonds. The summed E-state index contributed by atoms with van der Waals surface area (Å²) in [6.07, 6.45) is 6.20. The number of amides is 1. The normalized spacial score (nSPS) is 22.0. The van der Waals surface area contributed by atoms with E-state index in [0.717, 1.165) is 52.1 Å². The van der Waals surface area contributed by atoms with Crippen molar-refractivity contribution in [2.75, 3.05) is 5.32 Å². The molecule has 9 heteroatoms. The molecule has 2 bridgehead atoms. The molecule has 32 heavy (non-hydrogen) atoms. The number of thiazole rings is 2. The largest absolute Gasteiger partial charge is 0.333 e. The van der Waals surface area contributed by atoms with Gasteiger partial charge >= 0.3 is 0 Å². The number of hydrogen-bond donors (Lipinski definition) is 1. The maximum Gasteiger partial charge on any atom is 0.255 e. The third kappa shape index (κ3) is 4.00. The minimum Gasteiger partial charge on any atom is -0.333 e. The van der Waals surface area contributed by atoms with Crippen LogP contribution in [-0.2, 0) is 0 Å². The van der Waals surface area contributed by atoms with Gasteiger partial charge in [-0.2, -0.15) is 5.26 Å².